The summed E-state index contributed by atoms with van der Waals surface area (Å²) in [7, 11) is 0. The lowest BCUT2D eigenvalue weighted by molar-refractivity contribution is -0.118. The van der Waals surface area contributed by atoms with Gasteiger partial charge in [0.15, 0.2) is 5.17 Å². The molecule has 2 rings (SSSR count). The predicted octanol–water partition coefficient (Wildman–Crippen LogP) is 1.91. The smallest absolute Gasteiger partial charge is 0.239 e. The fraction of sp³-hybridized carbons (Fsp3) is 0.700. The lowest BCUT2D eigenvalue weighted by Crippen LogP contribution is -2.23. The van der Waals surface area contributed by atoms with Crippen molar-refractivity contribution in [2.24, 2.45) is 10.2 Å². The first kappa shape index (κ1) is 10.7. The van der Waals surface area contributed by atoms with Crippen LogP contribution in [0.1, 0.15) is 39.0 Å². The Balaban J connectivity index is 1.96. The van der Waals surface area contributed by atoms with E-state index in [1.165, 1.54) is 36.7 Å². The third kappa shape index (κ3) is 2.81. The maximum Gasteiger partial charge on any atom is 0.239 e. The average molecular weight is 225 g/mol. The Morgan fingerprint density at radius 3 is 2.60 bits per heavy atom. The third-order valence-electron chi connectivity index (χ3n) is 2.60. The van der Waals surface area contributed by atoms with Gasteiger partial charge in [0.2, 0.25) is 5.91 Å². The zero-order valence-electron chi connectivity index (χ0n) is 8.82. The number of nitrogens with one attached hydrogen (secondary N) is 1. The SMILES string of the molecule is C[C@@H]1S/C(=N\N=C2CCCCC2)NC1=O. The maximum atomic E-state index is 11.2. The number of amidine groups is 1. The summed E-state index contributed by atoms with van der Waals surface area (Å²) < 4.78 is 0. The average Bonchev–Trinajstić information content (AvgIpc) is 2.57. The van der Waals surface area contributed by atoms with Crippen molar-refractivity contribution in [1.82, 2.24) is 5.32 Å². The fourth-order valence-corrected chi connectivity index (χ4v) is 2.43. The highest BCUT2D eigenvalue weighted by atomic mass is 32.2. The summed E-state index contributed by atoms with van der Waals surface area (Å²) in [4.78, 5) is 11.2. The molecule has 0 spiro atoms. The number of nitrogens with zero attached hydrogens (tertiary/aromatic N) is 2. The van der Waals surface area contributed by atoms with Gasteiger partial charge in [0.25, 0.3) is 0 Å². The van der Waals surface area contributed by atoms with Gasteiger partial charge in [0.1, 0.15) is 0 Å². The first-order valence-corrected chi connectivity index (χ1v) is 6.24. The highest BCUT2D eigenvalue weighted by Gasteiger charge is 2.25. The van der Waals surface area contributed by atoms with Crippen LogP contribution in [0.5, 0.6) is 0 Å². The summed E-state index contributed by atoms with van der Waals surface area (Å²) in [5.41, 5.74) is 1.17. The van der Waals surface area contributed by atoms with Gasteiger partial charge < -0.3 is 5.32 Å². The lowest BCUT2D eigenvalue weighted by atomic mass is 9.99. The van der Waals surface area contributed by atoms with Crippen molar-refractivity contribution in [3.05, 3.63) is 0 Å². The van der Waals surface area contributed by atoms with Crippen LogP contribution in [-0.2, 0) is 4.79 Å². The topological polar surface area (TPSA) is 53.8 Å². The van der Waals surface area contributed by atoms with Crippen LogP contribution in [0.3, 0.4) is 0 Å². The van der Waals surface area contributed by atoms with Crippen LogP contribution in [0.15, 0.2) is 10.2 Å². The van der Waals surface area contributed by atoms with Crippen molar-refractivity contribution in [1.29, 1.82) is 0 Å². The molecule has 1 aliphatic heterocycles. The van der Waals surface area contributed by atoms with Gasteiger partial charge in [-0.05, 0) is 32.6 Å². The number of rotatable bonds is 1. The predicted molar refractivity (Wildman–Crippen MR) is 63.2 cm³/mol. The van der Waals surface area contributed by atoms with Crippen molar-refractivity contribution >= 4 is 28.5 Å². The minimum absolute atomic E-state index is 0.0302. The highest BCUT2D eigenvalue weighted by Crippen LogP contribution is 2.19. The van der Waals surface area contributed by atoms with Gasteiger partial charge in [-0.15, -0.1) is 5.10 Å². The van der Waals surface area contributed by atoms with E-state index < -0.39 is 0 Å². The van der Waals surface area contributed by atoms with E-state index in [1.807, 2.05) is 6.92 Å². The molecule has 0 aromatic rings. The van der Waals surface area contributed by atoms with Gasteiger partial charge in [-0.1, -0.05) is 18.2 Å². The Morgan fingerprint density at radius 2 is 2.00 bits per heavy atom. The summed E-state index contributed by atoms with van der Waals surface area (Å²) in [6.45, 7) is 1.87. The van der Waals surface area contributed by atoms with E-state index in [9.17, 15) is 4.79 Å². The standard InChI is InChI=1S/C10H15N3OS/c1-7-9(14)11-10(15-7)13-12-8-5-3-2-4-6-8/h7H,2-6H2,1H3,(H,11,13,14)/t7-/m0/s1. The summed E-state index contributed by atoms with van der Waals surface area (Å²) in [5, 5.41) is 11.6. The van der Waals surface area contributed by atoms with Crippen LogP contribution < -0.4 is 5.32 Å². The highest BCUT2D eigenvalue weighted by molar-refractivity contribution is 8.15. The van der Waals surface area contributed by atoms with Crippen molar-refractivity contribution in [3.8, 4) is 0 Å². The molecule has 1 N–H and O–H groups in total. The van der Waals surface area contributed by atoms with Gasteiger partial charge in [-0.25, -0.2) is 0 Å². The van der Waals surface area contributed by atoms with Gasteiger partial charge in [-0.2, -0.15) is 5.10 Å². The zero-order valence-corrected chi connectivity index (χ0v) is 9.64. The van der Waals surface area contributed by atoms with E-state index in [1.54, 1.807) is 0 Å². The minimum Gasteiger partial charge on any atom is -0.303 e. The molecule has 1 atom stereocenters. The van der Waals surface area contributed by atoms with Crippen LogP contribution >= 0.6 is 11.8 Å². The number of thioether (sulfide) groups is 1. The van der Waals surface area contributed by atoms with Gasteiger partial charge in [0, 0.05) is 5.71 Å². The summed E-state index contributed by atoms with van der Waals surface area (Å²) in [6, 6.07) is 0. The molecule has 15 heavy (non-hydrogen) atoms. The Bertz CT molecular complexity index is 317. The number of carbonyl (C=O) groups excluding carboxylic acids is 1. The van der Waals surface area contributed by atoms with Gasteiger partial charge in [0.05, 0.1) is 5.25 Å². The van der Waals surface area contributed by atoms with Crippen molar-refractivity contribution < 1.29 is 4.79 Å². The van der Waals surface area contributed by atoms with Crippen molar-refractivity contribution in [3.63, 3.8) is 0 Å². The molecule has 5 heteroatoms. The second kappa shape index (κ2) is 4.79. The number of hydrogen-bond donors (Lipinski definition) is 1. The molecule has 4 nitrogen and oxygen atoms in total. The normalized spacial score (nSPS) is 29.4. The van der Waals surface area contributed by atoms with Crippen LogP contribution in [0, 0.1) is 0 Å². The maximum absolute atomic E-state index is 11.2. The molecule has 1 saturated carbocycles. The Hall–Kier alpha value is -0.840. The summed E-state index contributed by atoms with van der Waals surface area (Å²) >= 11 is 1.44. The molecule has 82 valence electrons. The molecule has 1 saturated heterocycles. The second-order valence-corrected chi connectivity index (χ2v) is 5.21. The van der Waals surface area contributed by atoms with Crippen LogP contribution in [-0.4, -0.2) is 22.0 Å². The molecule has 0 bridgehead atoms. The fourth-order valence-electron chi connectivity index (χ4n) is 1.68. The van der Waals surface area contributed by atoms with Crippen LogP contribution in [0.2, 0.25) is 0 Å². The zero-order chi connectivity index (χ0) is 10.7. The van der Waals surface area contributed by atoms with E-state index >= 15 is 0 Å². The molecule has 1 amide bonds. The Kier molecular flexibility index (Phi) is 3.41. The molecular formula is C10H15N3OS. The van der Waals surface area contributed by atoms with Gasteiger partial charge >= 0.3 is 0 Å². The van der Waals surface area contributed by atoms with E-state index in [2.05, 4.69) is 15.5 Å². The van der Waals surface area contributed by atoms with E-state index in [0.717, 1.165) is 12.8 Å². The number of carbonyl (C=O) groups is 1. The van der Waals surface area contributed by atoms with E-state index in [-0.39, 0.29) is 11.2 Å². The molecule has 2 fully saturated rings. The number of amides is 1. The first-order chi connectivity index (χ1) is 7.25. The molecule has 0 aromatic heterocycles. The molecule has 0 aromatic carbocycles. The number of hydrogen-bond acceptors (Lipinski definition) is 4. The second-order valence-electron chi connectivity index (χ2n) is 3.88. The molecule has 0 unspecified atom stereocenters. The summed E-state index contributed by atoms with van der Waals surface area (Å²) in [5.74, 6) is 0.0302. The van der Waals surface area contributed by atoms with Crippen LogP contribution in [0.4, 0.5) is 0 Å². The molecular weight excluding hydrogens is 210 g/mol. The van der Waals surface area contributed by atoms with Gasteiger partial charge in [-0.3, -0.25) is 4.79 Å². The lowest BCUT2D eigenvalue weighted by Gasteiger charge is -2.10. The largest absolute Gasteiger partial charge is 0.303 e. The van der Waals surface area contributed by atoms with Crippen LogP contribution in [0.25, 0.3) is 0 Å². The first-order valence-electron chi connectivity index (χ1n) is 5.36. The molecule has 1 aliphatic carbocycles. The minimum atomic E-state index is -0.0321. The van der Waals surface area contributed by atoms with E-state index in [0.29, 0.717) is 5.17 Å². The summed E-state index contributed by atoms with van der Waals surface area (Å²) in [6.07, 6.45) is 5.87. The van der Waals surface area contributed by atoms with Crippen molar-refractivity contribution in [2.75, 3.05) is 0 Å². The molecule has 0 radical (unpaired) electrons. The quantitative estimate of drug-likeness (QED) is 0.693. The van der Waals surface area contributed by atoms with Crippen molar-refractivity contribution in [2.45, 2.75) is 44.3 Å². The Labute approximate surface area is 93.6 Å². The molecule has 2 aliphatic rings. The van der Waals surface area contributed by atoms with E-state index in [4.69, 9.17) is 0 Å². The molecule has 1 heterocycles. The monoisotopic (exact) mass is 225 g/mol. The Morgan fingerprint density at radius 1 is 1.27 bits per heavy atom. The third-order valence-corrected chi connectivity index (χ3v) is 3.58.